The fraction of sp³-hybridized carbons (Fsp3) is 0.263. The molecule has 188 valence electrons. The molecule has 1 aromatic heterocycles. The maximum atomic E-state index is 12.9. The first-order valence-corrected chi connectivity index (χ1v) is 9.90. The second-order valence-electron chi connectivity index (χ2n) is 7.07. The molecule has 9 nitrogen and oxygen atoms in total. The number of alkyl halides is 6. The molecule has 0 bridgehead atoms. The number of hydrogen-bond donors (Lipinski definition) is 3. The van der Waals surface area contributed by atoms with Crippen molar-refractivity contribution in [3.05, 3.63) is 52.7 Å². The summed E-state index contributed by atoms with van der Waals surface area (Å²) in [5.41, 5.74) is 4.57. The number of nitrogens with zero attached hydrogens (tertiary/aromatic N) is 3. The van der Waals surface area contributed by atoms with E-state index in [2.05, 4.69) is 20.9 Å². The van der Waals surface area contributed by atoms with Gasteiger partial charge in [0, 0.05) is 12.6 Å². The van der Waals surface area contributed by atoms with Crippen molar-refractivity contribution in [2.45, 2.75) is 24.9 Å². The molecular formula is C19H15ClF6N6O3. The van der Waals surface area contributed by atoms with Crippen molar-refractivity contribution in [2.75, 3.05) is 16.9 Å². The zero-order valence-corrected chi connectivity index (χ0v) is 18.0. The third kappa shape index (κ3) is 6.44. The monoisotopic (exact) mass is 524 g/mol. The summed E-state index contributed by atoms with van der Waals surface area (Å²) >= 11 is 5.81. The number of nitrogens with two attached hydrogens (primary N) is 1. The zero-order chi connectivity index (χ0) is 26.0. The van der Waals surface area contributed by atoms with E-state index in [1.54, 1.807) is 0 Å². The van der Waals surface area contributed by atoms with Gasteiger partial charge in [0.1, 0.15) is 11.5 Å². The lowest BCUT2D eigenvalue weighted by atomic mass is 10.1. The van der Waals surface area contributed by atoms with Gasteiger partial charge in [-0.1, -0.05) is 22.8 Å². The second-order valence-corrected chi connectivity index (χ2v) is 7.47. The van der Waals surface area contributed by atoms with E-state index in [-0.39, 0.29) is 35.2 Å². The number of urea groups is 1. The summed E-state index contributed by atoms with van der Waals surface area (Å²) in [7, 11) is 0. The highest BCUT2D eigenvalue weighted by Gasteiger charge is 2.33. The van der Waals surface area contributed by atoms with Crippen molar-refractivity contribution in [3.8, 4) is 0 Å². The summed E-state index contributed by atoms with van der Waals surface area (Å²) in [4.78, 5) is 32.9. The van der Waals surface area contributed by atoms with E-state index < -0.39 is 41.5 Å². The summed E-state index contributed by atoms with van der Waals surface area (Å²) in [5, 5.41) is 6.35. The largest absolute Gasteiger partial charge is 0.417 e. The molecular weight excluding hydrogens is 510 g/mol. The fourth-order valence-corrected chi connectivity index (χ4v) is 3.07. The first-order chi connectivity index (χ1) is 16.3. The van der Waals surface area contributed by atoms with E-state index >= 15 is 0 Å². The van der Waals surface area contributed by atoms with Crippen molar-refractivity contribution in [1.29, 1.82) is 0 Å². The van der Waals surface area contributed by atoms with Gasteiger partial charge >= 0.3 is 18.4 Å². The van der Waals surface area contributed by atoms with Crippen molar-refractivity contribution in [2.24, 2.45) is 10.9 Å². The number of primary amides is 1. The average Bonchev–Trinajstić information content (AvgIpc) is 3.24. The van der Waals surface area contributed by atoms with Crippen LogP contribution in [0.1, 0.15) is 17.5 Å². The highest BCUT2D eigenvalue weighted by atomic mass is 35.5. The van der Waals surface area contributed by atoms with Crippen LogP contribution in [0.4, 0.5) is 42.6 Å². The van der Waals surface area contributed by atoms with Crippen LogP contribution in [-0.4, -0.2) is 35.3 Å². The highest BCUT2D eigenvalue weighted by molar-refractivity contribution is 6.39. The van der Waals surface area contributed by atoms with Crippen molar-refractivity contribution in [1.82, 2.24) is 10.4 Å². The number of benzene rings is 1. The summed E-state index contributed by atoms with van der Waals surface area (Å²) < 4.78 is 76.9. The Bertz CT molecular complexity index is 1160. The fourth-order valence-electron chi connectivity index (χ4n) is 2.84. The number of carbonyl (C=O) groups excluding carboxylic acids is 2. The van der Waals surface area contributed by atoms with E-state index in [1.165, 1.54) is 0 Å². The molecule has 2 aromatic rings. The number of nitrogens with one attached hydrogen (secondary N) is 2. The van der Waals surface area contributed by atoms with Crippen LogP contribution in [0.5, 0.6) is 0 Å². The molecule has 0 radical (unpaired) electrons. The number of anilines is 2. The number of hydrogen-bond acceptors (Lipinski definition) is 6. The number of rotatable bonds is 5. The van der Waals surface area contributed by atoms with Crippen molar-refractivity contribution in [3.63, 3.8) is 0 Å². The van der Waals surface area contributed by atoms with E-state index in [4.69, 9.17) is 22.2 Å². The predicted molar refractivity (Wildman–Crippen MR) is 111 cm³/mol. The number of pyridine rings is 1. The molecule has 1 unspecified atom stereocenters. The van der Waals surface area contributed by atoms with Gasteiger partial charge in [0.15, 0.2) is 6.10 Å². The molecule has 0 fully saturated rings. The molecule has 35 heavy (non-hydrogen) atoms. The second kappa shape index (κ2) is 9.85. The molecule has 1 aliphatic heterocycles. The van der Waals surface area contributed by atoms with Gasteiger partial charge in [-0.3, -0.25) is 10.2 Å². The predicted octanol–water partition coefficient (Wildman–Crippen LogP) is 3.95. The van der Waals surface area contributed by atoms with Gasteiger partial charge in [0.05, 0.1) is 28.4 Å². The third-order valence-electron chi connectivity index (χ3n) is 4.53. The molecule has 3 amide bonds. The Labute approximate surface area is 197 Å². The number of aromatic nitrogens is 1. The molecule has 1 aromatic carbocycles. The number of oxime groups is 1. The molecule has 0 aliphatic carbocycles. The minimum atomic E-state index is -4.70. The topological polar surface area (TPSA) is 122 Å². The summed E-state index contributed by atoms with van der Waals surface area (Å²) in [6, 6.07) is 2.96. The summed E-state index contributed by atoms with van der Waals surface area (Å²) in [5.74, 6) is -1.04. The van der Waals surface area contributed by atoms with Gasteiger partial charge in [-0.2, -0.15) is 26.3 Å². The van der Waals surface area contributed by atoms with Gasteiger partial charge in [-0.05, 0) is 24.3 Å². The summed E-state index contributed by atoms with van der Waals surface area (Å²) in [6.45, 7) is -0.0640. The van der Waals surface area contributed by atoms with Crippen LogP contribution < -0.4 is 21.5 Å². The number of hydrazine groups is 1. The molecule has 0 saturated carbocycles. The van der Waals surface area contributed by atoms with Crippen molar-refractivity contribution >= 4 is 40.8 Å². The van der Waals surface area contributed by atoms with E-state index in [9.17, 15) is 35.9 Å². The SMILES string of the molecule is NC(=O)N(NC(=O)C1=NOC(CNc2ncc(C(F)(F)F)cc2Cl)C1)c1cccc(C(F)(F)F)c1. The lowest BCUT2D eigenvalue weighted by Gasteiger charge is -2.21. The van der Waals surface area contributed by atoms with Gasteiger partial charge in [-0.25, -0.2) is 14.8 Å². The molecule has 1 atom stereocenters. The molecule has 16 heteroatoms. The Kier molecular flexibility index (Phi) is 7.28. The van der Waals surface area contributed by atoms with Crippen LogP contribution >= 0.6 is 11.6 Å². The van der Waals surface area contributed by atoms with Gasteiger partial charge < -0.3 is 15.9 Å². The van der Waals surface area contributed by atoms with E-state index in [0.717, 1.165) is 18.2 Å². The van der Waals surface area contributed by atoms with Crippen LogP contribution in [0.25, 0.3) is 0 Å². The van der Waals surface area contributed by atoms with Crippen LogP contribution in [0, 0.1) is 0 Å². The Morgan fingerprint density at radius 3 is 2.43 bits per heavy atom. The van der Waals surface area contributed by atoms with Gasteiger partial charge in [-0.15, -0.1) is 0 Å². The lowest BCUT2D eigenvalue weighted by Crippen LogP contribution is -2.51. The number of amides is 3. The normalized spacial score (nSPS) is 15.7. The van der Waals surface area contributed by atoms with Crippen LogP contribution in [-0.2, 0) is 22.0 Å². The number of halogens is 7. The quantitative estimate of drug-likeness (QED) is 0.404. The average molecular weight is 525 g/mol. The van der Waals surface area contributed by atoms with Crippen molar-refractivity contribution < 1.29 is 40.8 Å². The Balaban J connectivity index is 1.60. The maximum absolute atomic E-state index is 12.9. The highest BCUT2D eigenvalue weighted by Crippen LogP contribution is 2.33. The van der Waals surface area contributed by atoms with Crippen LogP contribution in [0.15, 0.2) is 41.7 Å². The molecule has 3 rings (SSSR count). The van der Waals surface area contributed by atoms with Gasteiger partial charge in [0.2, 0.25) is 0 Å². The molecule has 0 saturated heterocycles. The molecule has 0 spiro atoms. The molecule has 4 N–H and O–H groups in total. The van der Waals surface area contributed by atoms with Gasteiger partial charge in [0.25, 0.3) is 5.91 Å². The van der Waals surface area contributed by atoms with E-state index in [0.29, 0.717) is 23.3 Å². The van der Waals surface area contributed by atoms with E-state index in [1.807, 2.05) is 0 Å². The molecule has 2 heterocycles. The smallest absolute Gasteiger partial charge is 0.390 e. The Morgan fingerprint density at radius 1 is 1.14 bits per heavy atom. The number of carbonyl (C=O) groups is 2. The summed E-state index contributed by atoms with van der Waals surface area (Å²) in [6.07, 6.45) is -9.62. The maximum Gasteiger partial charge on any atom is 0.417 e. The van der Waals surface area contributed by atoms with Crippen LogP contribution in [0.2, 0.25) is 5.02 Å². The zero-order valence-electron chi connectivity index (χ0n) is 17.2. The third-order valence-corrected chi connectivity index (χ3v) is 4.81. The standard InChI is InChI=1S/C19H15ClF6N6O3/c20-13-5-10(19(24,25)26)7-28-15(13)29-8-12-6-14(31-35-12)16(33)30-32(17(27)34)11-3-1-2-9(4-11)18(21,22)23/h1-5,7,12H,6,8H2,(H2,27,34)(H,28,29)(H,30,33). The minimum Gasteiger partial charge on any atom is -0.390 e. The Hall–Kier alpha value is -3.75. The first kappa shape index (κ1) is 25.9. The lowest BCUT2D eigenvalue weighted by molar-refractivity contribution is -0.138. The minimum absolute atomic E-state index is 0.0640. The molecule has 1 aliphatic rings. The van der Waals surface area contributed by atoms with Crippen LogP contribution in [0.3, 0.4) is 0 Å². The first-order valence-electron chi connectivity index (χ1n) is 9.53. The Morgan fingerprint density at radius 2 is 1.83 bits per heavy atom.